The Morgan fingerprint density at radius 3 is 2.81 bits per heavy atom. The second kappa shape index (κ2) is 8.57. The van der Waals surface area contributed by atoms with Crippen LogP contribution >= 0.6 is 0 Å². The maximum atomic E-state index is 9.55. The van der Waals surface area contributed by atoms with E-state index < -0.39 is 0 Å². The predicted octanol–water partition coefficient (Wildman–Crippen LogP) is 3.37. The smallest absolute Gasteiger partial charge is 0.134 e. The van der Waals surface area contributed by atoms with E-state index in [9.17, 15) is 5.11 Å². The molecule has 1 aliphatic carbocycles. The van der Waals surface area contributed by atoms with Crippen LogP contribution in [0.15, 0.2) is 36.7 Å². The van der Waals surface area contributed by atoms with Gasteiger partial charge in [-0.3, -0.25) is 0 Å². The fourth-order valence-electron chi connectivity index (χ4n) is 4.06. The lowest BCUT2D eigenvalue weighted by Gasteiger charge is -2.24. The Labute approximate surface area is 160 Å². The lowest BCUT2D eigenvalue weighted by molar-refractivity contribution is 0.208. The maximum absolute atomic E-state index is 9.55. The van der Waals surface area contributed by atoms with Crippen LogP contribution in [0.3, 0.4) is 0 Å². The molecule has 0 spiro atoms. The second-order valence-electron chi connectivity index (χ2n) is 7.42. The molecule has 27 heavy (non-hydrogen) atoms. The van der Waals surface area contributed by atoms with Gasteiger partial charge in [0.25, 0.3) is 0 Å². The fourth-order valence-corrected chi connectivity index (χ4v) is 4.06. The van der Waals surface area contributed by atoms with Gasteiger partial charge < -0.3 is 20.1 Å². The van der Waals surface area contributed by atoms with Gasteiger partial charge in [-0.25, -0.2) is 9.97 Å². The number of aromatic nitrogens is 2. The van der Waals surface area contributed by atoms with Crippen molar-refractivity contribution in [3.63, 3.8) is 0 Å². The van der Waals surface area contributed by atoms with E-state index in [2.05, 4.69) is 32.3 Å². The highest BCUT2D eigenvalue weighted by Crippen LogP contribution is 2.28. The van der Waals surface area contributed by atoms with Gasteiger partial charge in [-0.1, -0.05) is 18.2 Å². The minimum atomic E-state index is 0.160. The molecule has 1 atom stereocenters. The van der Waals surface area contributed by atoms with Crippen LogP contribution in [-0.2, 0) is 6.54 Å². The average Bonchev–Trinajstić information content (AvgIpc) is 3.39. The highest BCUT2D eigenvalue weighted by Gasteiger charge is 2.25. The van der Waals surface area contributed by atoms with Gasteiger partial charge >= 0.3 is 0 Å². The molecule has 2 heterocycles. The van der Waals surface area contributed by atoms with Gasteiger partial charge in [0, 0.05) is 24.7 Å². The van der Waals surface area contributed by atoms with Crippen molar-refractivity contribution in [2.75, 3.05) is 23.4 Å². The number of aliphatic hydroxyl groups is 1. The first-order valence-electron chi connectivity index (χ1n) is 10.0. The van der Waals surface area contributed by atoms with Crippen LogP contribution in [-0.4, -0.2) is 40.4 Å². The zero-order valence-corrected chi connectivity index (χ0v) is 15.7. The molecule has 0 amide bonds. The Bertz CT molecular complexity index is 748. The summed E-state index contributed by atoms with van der Waals surface area (Å²) in [5.41, 5.74) is 1.14. The normalized spacial score (nSPS) is 20.2. The van der Waals surface area contributed by atoms with Crippen LogP contribution in [0.1, 0.15) is 44.1 Å². The zero-order chi connectivity index (χ0) is 18.5. The van der Waals surface area contributed by atoms with Gasteiger partial charge in [0.05, 0.1) is 18.8 Å². The monoisotopic (exact) mass is 368 g/mol. The highest BCUT2D eigenvalue weighted by molar-refractivity contribution is 5.50. The first-order chi connectivity index (χ1) is 13.3. The van der Waals surface area contributed by atoms with Gasteiger partial charge in [-0.05, 0) is 44.6 Å². The van der Waals surface area contributed by atoms with Crippen molar-refractivity contribution < 1.29 is 9.84 Å². The van der Waals surface area contributed by atoms with E-state index in [0.29, 0.717) is 12.6 Å². The SMILES string of the molecule is OCC1CCCN1c1cc(NCc2ccccc2OC2CCCC2)ncn1. The molecule has 0 radical (unpaired) electrons. The molecule has 1 saturated carbocycles. The molecular weight excluding hydrogens is 340 g/mol. The molecule has 2 aliphatic rings. The molecular formula is C21H28N4O2. The third-order valence-electron chi connectivity index (χ3n) is 5.56. The number of hydrogen-bond acceptors (Lipinski definition) is 6. The predicted molar refractivity (Wildman–Crippen MR) is 106 cm³/mol. The third-order valence-corrected chi connectivity index (χ3v) is 5.56. The molecule has 1 aliphatic heterocycles. The zero-order valence-electron chi connectivity index (χ0n) is 15.7. The van der Waals surface area contributed by atoms with Crippen LogP contribution in [0.5, 0.6) is 5.75 Å². The van der Waals surface area contributed by atoms with Crippen LogP contribution in [0.2, 0.25) is 0 Å². The summed E-state index contributed by atoms with van der Waals surface area (Å²) in [4.78, 5) is 10.9. The summed E-state index contributed by atoms with van der Waals surface area (Å²) in [6.07, 6.45) is 8.87. The van der Waals surface area contributed by atoms with Crippen LogP contribution < -0.4 is 15.0 Å². The molecule has 6 heteroatoms. The highest BCUT2D eigenvalue weighted by atomic mass is 16.5. The van der Waals surface area contributed by atoms with Crippen molar-refractivity contribution in [1.29, 1.82) is 0 Å². The number of rotatable bonds is 7. The summed E-state index contributed by atoms with van der Waals surface area (Å²) in [5.74, 6) is 2.63. The third kappa shape index (κ3) is 4.33. The molecule has 0 bridgehead atoms. The van der Waals surface area contributed by atoms with E-state index in [1.54, 1.807) is 6.33 Å². The van der Waals surface area contributed by atoms with Crippen molar-refractivity contribution in [3.05, 3.63) is 42.2 Å². The largest absolute Gasteiger partial charge is 0.490 e. The Kier molecular flexibility index (Phi) is 5.72. The number of benzene rings is 1. The average molecular weight is 368 g/mol. The molecule has 144 valence electrons. The van der Waals surface area contributed by atoms with Crippen molar-refractivity contribution >= 4 is 11.6 Å². The Morgan fingerprint density at radius 1 is 1.11 bits per heavy atom. The van der Waals surface area contributed by atoms with Crippen LogP contribution in [0.25, 0.3) is 0 Å². The summed E-state index contributed by atoms with van der Waals surface area (Å²) in [6.45, 7) is 1.75. The Hall–Kier alpha value is -2.34. The molecule has 1 unspecified atom stereocenters. The van der Waals surface area contributed by atoms with Crippen molar-refractivity contribution in [2.45, 2.75) is 57.2 Å². The van der Waals surface area contributed by atoms with E-state index in [1.807, 2.05) is 18.2 Å². The fraction of sp³-hybridized carbons (Fsp3) is 0.524. The summed E-state index contributed by atoms with van der Waals surface area (Å²) in [5, 5.41) is 13.0. The van der Waals surface area contributed by atoms with E-state index in [1.165, 1.54) is 12.8 Å². The van der Waals surface area contributed by atoms with Crippen molar-refractivity contribution in [2.24, 2.45) is 0 Å². The Balaban J connectivity index is 1.42. The Morgan fingerprint density at radius 2 is 1.96 bits per heavy atom. The number of para-hydroxylation sites is 1. The molecule has 2 N–H and O–H groups in total. The van der Waals surface area contributed by atoms with Crippen LogP contribution in [0.4, 0.5) is 11.6 Å². The quantitative estimate of drug-likeness (QED) is 0.781. The lowest BCUT2D eigenvalue weighted by atomic mass is 10.2. The first-order valence-corrected chi connectivity index (χ1v) is 10.0. The molecule has 1 aromatic carbocycles. The number of aliphatic hydroxyl groups excluding tert-OH is 1. The first kappa shape index (κ1) is 18.0. The lowest BCUT2D eigenvalue weighted by Crippen LogP contribution is -2.32. The van der Waals surface area contributed by atoms with E-state index in [0.717, 1.165) is 55.2 Å². The summed E-state index contributed by atoms with van der Waals surface area (Å²) < 4.78 is 6.22. The molecule has 6 nitrogen and oxygen atoms in total. The van der Waals surface area contributed by atoms with E-state index in [4.69, 9.17) is 4.74 Å². The van der Waals surface area contributed by atoms with Gasteiger partial charge in [0.2, 0.25) is 0 Å². The minimum Gasteiger partial charge on any atom is -0.490 e. The van der Waals surface area contributed by atoms with Gasteiger partial charge in [0.1, 0.15) is 23.7 Å². The molecule has 1 saturated heterocycles. The van der Waals surface area contributed by atoms with Gasteiger partial charge in [-0.15, -0.1) is 0 Å². The second-order valence-corrected chi connectivity index (χ2v) is 7.42. The van der Waals surface area contributed by atoms with Gasteiger partial charge in [0.15, 0.2) is 0 Å². The summed E-state index contributed by atoms with van der Waals surface area (Å²) in [7, 11) is 0. The number of anilines is 2. The number of nitrogens with zero attached hydrogens (tertiary/aromatic N) is 3. The van der Waals surface area contributed by atoms with Crippen LogP contribution in [0, 0.1) is 0 Å². The number of ether oxygens (including phenoxy) is 1. The van der Waals surface area contributed by atoms with Gasteiger partial charge in [-0.2, -0.15) is 0 Å². The molecule has 1 aromatic heterocycles. The standard InChI is InChI=1S/C21H28N4O2/c26-14-17-7-5-11-25(17)21-12-20(23-15-24-21)22-13-16-6-1-4-10-19(16)27-18-8-2-3-9-18/h1,4,6,10,12,15,17-18,26H,2-3,5,7-9,11,13-14H2,(H,22,23,24). The topological polar surface area (TPSA) is 70.5 Å². The summed E-state index contributed by atoms with van der Waals surface area (Å²) >= 11 is 0. The molecule has 2 fully saturated rings. The van der Waals surface area contributed by atoms with Crippen molar-refractivity contribution in [1.82, 2.24) is 9.97 Å². The van der Waals surface area contributed by atoms with Crippen molar-refractivity contribution in [3.8, 4) is 5.75 Å². The molecule has 4 rings (SSSR count). The summed E-state index contributed by atoms with van der Waals surface area (Å²) in [6, 6.07) is 10.3. The maximum Gasteiger partial charge on any atom is 0.134 e. The molecule has 2 aromatic rings. The van der Waals surface area contributed by atoms with E-state index >= 15 is 0 Å². The number of hydrogen-bond donors (Lipinski definition) is 2. The van der Waals surface area contributed by atoms with E-state index in [-0.39, 0.29) is 12.6 Å². The number of nitrogens with one attached hydrogen (secondary N) is 1. The minimum absolute atomic E-state index is 0.160.